The van der Waals surface area contributed by atoms with Crippen molar-refractivity contribution < 1.29 is 14.4 Å². The van der Waals surface area contributed by atoms with Gasteiger partial charge in [-0.05, 0) is 24.6 Å². The summed E-state index contributed by atoms with van der Waals surface area (Å²) in [5, 5.41) is 4.75. The summed E-state index contributed by atoms with van der Waals surface area (Å²) in [5.74, 6) is -1.16. The number of piperidine rings is 1. The highest BCUT2D eigenvalue weighted by atomic mass is 35.5. The number of anilines is 1. The average molecular weight is 284 g/mol. The van der Waals surface area contributed by atoms with Gasteiger partial charge in [-0.15, -0.1) is 12.4 Å². The van der Waals surface area contributed by atoms with E-state index in [9.17, 15) is 14.4 Å². The third-order valence-corrected chi connectivity index (χ3v) is 2.69. The van der Waals surface area contributed by atoms with Crippen molar-refractivity contribution in [2.45, 2.75) is 18.9 Å². The van der Waals surface area contributed by atoms with Gasteiger partial charge in [0.2, 0.25) is 11.8 Å². The number of carbonyl (C=O) groups excluding carboxylic acids is 3. The Morgan fingerprint density at radius 2 is 2.11 bits per heavy atom. The number of nitrogen functional groups attached to an aromatic ring is 1. The van der Waals surface area contributed by atoms with E-state index in [1.165, 1.54) is 6.07 Å². The highest BCUT2D eigenvalue weighted by Gasteiger charge is 2.27. The molecule has 4 N–H and O–H groups in total. The maximum atomic E-state index is 11.9. The van der Waals surface area contributed by atoms with Gasteiger partial charge in [0.25, 0.3) is 5.91 Å². The van der Waals surface area contributed by atoms with E-state index in [0.717, 1.165) is 0 Å². The van der Waals surface area contributed by atoms with E-state index in [1.54, 1.807) is 18.2 Å². The van der Waals surface area contributed by atoms with E-state index in [4.69, 9.17) is 5.73 Å². The van der Waals surface area contributed by atoms with Crippen LogP contribution in [-0.4, -0.2) is 23.8 Å². The van der Waals surface area contributed by atoms with Crippen molar-refractivity contribution in [3.05, 3.63) is 29.8 Å². The molecule has 3 amide bonds. The topological polar surface area (TPSA) is 101 Å². The molecule has 2 rings (SSSR count). The smallest absolute Gasteiger partial charge is 0.252 e. The second kappa shape index (κ2) is 6.19. The predicted octanol–water partition coefficient (Wildman–Crippen LogP) is 0.226. The predicted molar refractivity (Wildman–Crippen MR) is 71.7 cm³/mol. The zero-order valence-electron chi connectivity index (χ0n) is 10.0. The molecule has 19 heavy (non-hydrogen) atoms. The fourth-order valence-electron chi connectivity index (χ4n) is 1.75. The first-order valence-electron chi connectivity index (χ1n) is 5.56. The molecule has 1 fully saturated rings. The van der Waals surface area contributed by atoms with Gasteiger partial charge in [0.05, 0.1) is 0 Å². The van der Waals surface area contributed by atoms with Crippen LogP contribution in [0.5, 0.6) is 0 Å². The second-order valence-corrected chi connectivity index (χ2v) is 4.10. The largest absolute Gasteiger partial charge is 0.399 e. The number of hydrogen-bond acceptors (Lipinski definition) is 4. The summed E-state index contributed by atoms with van der Waals surface area (Å²) in [7, 11) is 0. The Morgan fingerprint density at radius 1 is 1.37 bits per heavy atom. The summed E-state index contributed by atoms with van der Waals surface area (Å²) in [6.07, 6.45) is 0.548. The normalized spacial score (nSPS) is 18.2. The minimum atomic E-state index is -0.670. The lowest BCUT2D eigenvalue weighted by Crippen LogP contribution is -2.52. The Hall–Kier alpha value is -2.08. The number of nitrogens with one attached hydrogen (secondary N) is 2. The maximum Gasteiger partial charge on any atom is 0.252 e. The van der Waals surface area contributed by atoms with E-state index in [0.29, 0.717) is 17.7 Å². The van der Waals surface area contributed by atoms with Crippen LogP contribution in [0.15, 0.2) is 24.3 Å². The Kier molecular flexibility index (Phi) is 4.88. The highest BCUT2D eigenvalue weighted by molar-refractivity contribution is 6.03. The van der Waals surface area contributed by atoms with Crippen molar-refractivity contribution in [3.63, 3.8) is 0 Å². The molecule has 0 unspecified atom stereocenters. The summed E-state index contributed by atoms with van der Waals surface area (Å²) < 4.78 is 0. The van der Waals surface area contributed by atoms with Gasteiger partial charge in [-0.3, -0.25) is 19.7 Å². The standard InChI is InChI=1S/C12H13N3O3.ClH/c13-8-3-1-2-7(6-8)11(17)14-9-4-5-10(16)15-12(9)18;/h1-3,6,9H,4-5,13H2,(H,14,17)(H,15,16,18);1H/t9-;/m0./s1. The number of carbonyl (C=O) groups is 3. The third-order valence-electron chi connectivity index (χ3n) is 2.69. The van der Waals surface area contributed by atoms with E-state index >= 15 is 0 Å². The lowest BCUT2D eigenvalue weighted by Gasteiger charge is -2.21. The van der Waals surface area contributed by atoms with Crippen LogP contribution >= 0.6 is 12.4 Å². The average Bonchev–Trinajstić information content (AvgIpc) is 2.32. The van der Waals surface area contributed by atoms with Crippen molar-refractivity contribution in [2.24, 2.45) is 0 Å². The molecule has 0 aromatic heterocycles. The first kappa shape index (κ1) is 15.0. The third kappa shape index (κ3) is 3.69. The first-order chi connectivity index (χ1) is 8.56. The highest BCUT2D eigenvalue weighted by Crippen LogP contribution is 2.09. The van der Waals surface area contributed by atoms with Gasteiger partial charge in [-0.1, -0.05) is 6.07 Å². The van der Waals surface area contributed by atoms with E-state index in [2.05, 4.69) is 10.6 Å². The number of halogens is 1. The Bertz CT molecular complexity index is 519. The molecule has 7 heteroatoms. The molecule has 1 heterocycles. The van der Waals surface area contributed by atoms with Crippen LogP contribution in [0.1, 0.15) is 23.2 Å². The first-order valence-corrected chi connectivity index (χ1v) is 5.56. The fourth-order valence-corrected chi connectivity index (χ4v) is 1.75. The summed E-state index contributed by atoms with van der Waals surface area (Å²) in [6.45, 7) is 0. The molecule has 1 atom stereocenters. The molecule has 0 saturated carbocycles. The molecule has 0 spiro atoms. The molecule has 1 aliphatic rings. The molecule has 1 aromatic carbocycles. The van der Waals surface area contributed by atoms with Crippen molar-refractivity contribution in [1.29, 1.82) is 0 Å². The number of benzene rings is 1. The van der Waals surface area contributed by atoms with Gasteiger partial charge in [0.15, 0.2) is 0 Å². The zero-order chi connectivity index (χ0) is 13.1. The minimum Gasteiger partial charge on any atom is -0.399 e. The van der Waals surface area contributed by atoms with Crippen LogP contribution in [0.25, 0.3) is 0 Å². The Balaban J connectivity index is 0.00000180. The van der Waals surface area contributed by atoms with Crippen molar-refractivity contribution in [2.75, 3.05) is 5.73 Å². The van der Waals surface area contributed by atoms with Crippen LogP contribution in [0.3, 0.4) is 0 Å². The molecule has 0 radical (unpaired) electrons. The van der Waals surface area contributed by atoms with Crippen LogP contribution in [-0.2, 0) is 9.59 Å². The zero-order valence-corrected chi connectivity index (χ0v) is 10.8. The molecule has 1 aliphatic heterocycles. The quantitative estimate of drug-likeness (QED) is 0.534. The Labute approximate surface area is 116 Å². The van der Waals surface area contributed by atoms with E-state index in [-0.39, 0.29) is 30.6 Å². The number of nitrogens with two attached hydrogens (primary N) is 1. The maximum absolute atomic E-state index is 11.9. The molecule has 1 saturated heterocycles. The Morgan fingerprint density at radius 3 is 2.74 bits per heavy atom. The van der Waals surface area contributed by atoms with E-state index in [1.807, 2.05) is 0 Å². The van der Waals surface area contributed by atoms with Gasteiger partial charge in [-0.2, -0.15) is 0 Å². The minimum absolute atomic E-state index is 0. The number of imide groups is 1. The number of rotatable bonds is 2. The lowest BCUT2D eigenvalue weighted by molar-refractivity contribution is -0.134. The van der Waals surface area contributed by atoms with Crippen molar-refractivity contribution in [3.8, 4) is 0 Å². The summed E-state index contributed by atoms with van der Waals surface area (Å²) >= 11 is 0. The van der Waals surface area contributed by atoms with Gasteiger partial charge < -0.3 is 11.1 Å². The SMILES string of the molecule is Cl.Nc1cccc(C(=O)N[C@H]2CCC(=O)NC2=O)c1. The lowest BCUT2D eigenvalue weighted by atomic mass is 10.1. The van der Waals surface area contributed by atoms with Crippen molar-refractivity contribution in [1.82, 2.24) is 10.6 Å². The fraction of sp³-hybridized carbons (Fsp3) is 0.250. The van der Waals surface area contributed by atoms with Crippen LogP contribution in [0.4, 0.5) is 5.69 Å². The summed E-state index contributed by atoms with van der Waals surface area (Å²) in [4.78, 5) is 34.3. The van der Waals surface area contributed by atoms with Crippen LogP contribution in [0, 0.1) is 0 Å². The van der Waals surface area contributed by atoms with Gasteiger partial charge in [0, 0.05) is 17.7 Å². The molecular weight excluding hydrogens is 270 g/mol. The van der Waals surface area contributed by atoms with Crippen molar-refractivity contribution >= 4 is 35.8 Å². The second-order valence-electron chi connectivity index (χ2n) is 4.10. The monoisotopic (exact) mass is 283 g/mol. The van der Waals surface area contributed by atoms with Crippen LogP contribution < -0.4 is 16.4 Å². The number of amides is 3. The molecular formula is C12H14ClN3O3. The van der Waals surface area contributed by atoms with Gasteiger partial charge >= 0.3 is 0 Å². The van der Waals surface area contributed by atoms with E-state index < -0.39 is 11.9 Å². The molecule has 102 valence electrons. The number of hydrogen-bond donors (Lipinski definition) is 3. The van der Waals surface area contributed by atoms with Crippen LogP contribution in [0.2, 0.25) is 0 Å². The molecule has 1 aromatic rings. The molecule has 0 bridgehead atoms. The summed E-state index contributed by atoms with van der Waals surface area (Å²) in [5.41, 5.74) is 6.44. The molecule has 6 nitrogen and oxygen atoms in total. The van der Waals surface area contributed by atoms with Gasteiger partial charge in [0.1, 0.15) is 6.04 Å². The molecule has 0 aliphatic carbocycles. The summed E-state index contributed by atoms with van der Waals surface area (Å²) in [6, 6.07) is 5.80. The van der Waals surface area contributed by atoms with Gasteiger partial charge in [-0.25, -0.2) is 0 Å².